The summed E-state index contributed by atoms with van der Waals surface area (Å²) in [5, 5.41) is 8.29. The van der Waals surface area contributed by atoms with Gasteiger partial charge in [-0.1, -0.05) is 195 Å². The third-order valence-electron chi connectivity index (χ3n) is 6.98. The number of aliphatic hydroxyl groups is 1. The number of unbranched alkanes of at least 4 members (excludes halogenated alkanes) is 6. The monoisotopic (exact) mass is 634 g/mol. The highest BCUT2D eigenvalue weighted by molar-refractivity contribution is 5.81. The third-order valence-corrected chi connectivity index (χ3v) is 6.98. The van der Waals surface area contributed by atoms with E-state index in [1.54, 1.807) is 0 Å². The number of carbonyl (C=O) groups is 2. The molecule has 3 rings (SSSR count). The molecular weight excluding hydrogens is 566 g/mol. The lowest BCUT2D eigenvalue weighted by Gasteiger charge is -2.04. The number of aryl methyl sites for hydroxylation is 2. The van der Waals surface area contributed by atoms with E-state index in [9.17, 15) is 4.79 Å². The molecule has 0 aliphatic carbocycles. The van der Waals surface area contributed by atoms with Crippen LogP contribution in [0.25, 0.3) is 16.7 Å². The largest absolute Gasteiger partial charge is 0.389 e. The fraction of sp³-hybridized carbons (Fsp3) is 0.476. The second-order valence-corrected chi connectivity index (χ2v) is 11.4. The van der Waals surface area contributed by atoms with Crippen molar-refractivity contribution < 1.29 is 14.7 Å². The Bertz CT molecular complexity index is 1080. The zero-order valence-corrected chi connectivity index (χ0v) is 30.8. The molecule has 258 valence electrons. The molecule has 1 amide bonds. The maximum Gasteiger partial charge on any atom is 0.204 e. The smallest absolute Gasteiger partial charge is 0.204 e. The van der Waals surface area contributed by atoms with Crippen LogP contribution in [0.4, 0.5) is 0 Å². The second-order valence-electron chi connectivity index (χ2n) is 11.4. The molecule has 46 heavy (non-hydrogen) atoms. The Morgan fingerprint density at radius 3 is 1.37 bits per heavy atom. The number of ketones is 1. The first-order chi connectivity index (χ1) is 22.0. The van der Waals surface area contributed by atoms with Gasteiger partial charge < -0.3 is 10.8 Å². The Morgan fingerprint density at radius 2 is 1.11 bits per heavy atom. The molecule has 0 aromatic heterocycles. The van der Waals surface area contributed by atoms with Crippen LogP contribution in [0, 0.1) is 19.8 Å². The molecule has 1 unspecified atom stereocenters. The summed E-state index contributed by atoms with van der Waals surface area (Å²) < 4.78 is 0. The molecule has 0 saturated heterocycles. The highest BCUT2D eigenvalue weighted by Gasteiger charge is 2.07. The number of primary amides is 1. The second kappa shape index (κ2) is 34.4. The first-order valence-corrected chi connectivity index (χ1v) is 17.2. The van der Waals surface area contributed by atoms with Gasteiger partial charge in [-0.25, -0.2) is 0 Å². The normalized spacial score (nSPS) is 9.78. The number of rotatable bonds is 11. The minimum atomic E-state index is -0.311. The number of hydrogen-bond acceptors (Lipinski definition) is 3. The van der Waals surface area contributed by atoms with Gasteiger partial charge in [0.2, 0.25) is 6.41 Å². The van der Waals surface area contributed by atoms with Crippen molar-refractivity contribution >= 4 is 17.8 Å². The molecule has 0 aliphatic rings. The fourth-order valence-corrected chi connectivity index (χ4v) is 3.46. The molecule has 1 atom stereocenters. The number of carbonyl (C=O) groups excluding carboxylic acids is 2. The summed E-state index contributed by atoms with van der Waals surface area (Å²) in [4.78, 5) is 19.1. The maximum atomic E-state index is 10.5. The molecule has 0 radical (unpaired) electrons. The number of allylic oxidation sites excluding steroid dienone is 1. The quantitative estimate of drug-likeness (QED) is 0.163. The van der Waals surface area contributed by atoms with Gasteiger partial charge in [0.1, 0.15) is 6.61 Å². The molecule has 0 bridgehead atoms. The van der Waals surface area contributed by atoms with Crippen molar-refractivity contribution in [3.8, 4) is 11.1 Å². The van der Waals surface area contributed by atoms with Crippen LogP contribution >= 0.6 is 0 Å². The summed E-state index contributed by atoms with van der Waals surface area (Å²) in [6.45, 7) is 22.5. The van der Waals surface area contributed by atoms with Gasteiger partial charge in [-0.15, -0.1) is 0 Å². The fourth-order valence-electron chi connectivity index (χ4n) is 3.46. The highest BCUT2D eigenvalue weighted by atomic mass is 16.3. The topological polar surface area (TPSA) is 80.4 Å². The Balaban J connectivity index is -0.000000530. The summed E-state index contributed by atoms with van der Waals surface area (Å²) in [5.74, 6) is -0.0347. The zero-order chi connectivity index (χ0) is 35.6. The van der Waals surface area contributed by atoms with E-state index in [0.29, 0.717) is 0 Å². The van der Waals surface area contributed by atoms with Crippen LogP contribution in [-0.4, -0.2) is 23.9 Å². The number of amides is 1. The molecule has 0 saturated carbocycles. The lowest BCUT2D eigenvalue weighted by Crippen LogP contribution is -2.13. The minimum absolute atomic E-state index is 0.0278. The third kappa shape index (κ3) is 29.2. The molecule has 0 aliphatic heterocycles. The van der Waals surface area contributed by atoms with Gasteiger partial charge in [0.15, 0.2) is 5.78 Å². The van der Waals surface area contributed by atoms with Crippen LogP contribution in [0.3, 0.4) is 0 Å². The standard InChI is InChI=1S/C16H16.C8H18.C7H8.C6H12O2.C4H10.CH3NO/c1-12(2)14-8-10-16(11-9-14)15-6-4-13(3)5-7-15;1-3-5-7-8-6-4-2;1-7-5-3-2-4-6-7;1-3-5(2)6(8)4-7;1-3-4-2;2-1-3/h4-11H,1H2,2-3H3;3-8H2,1-2H3;2-6H,1H3;5,7H,3-4H2,1-2H3;3-4H2,1-2H3;1H,(H2,2,3). The molecule has 0 spiro atoms. The van der Waals surface area contributed by atoms with E-state index in [1.165, 1.54) is 79.2 Å². The van der Waals surface area contributed by atoms with E-state index in [-0.39, 0.29) is 24.7 Å². The predicted molar refractivity (Wildman–Crippen MR) is 204 cm³/mol. The molecule has 0 fully saturated rings. The Kier molecular flexibility index (Phi) is 35.1. The molecule has 3 N–H and O–H groups in total. The number of nitrogens with two attached hydrogens (primary N) is 1. The van der Waals surface area contributed by atoms with Gasteiger partial charge >= 0.3 is 0 Å². The van der Waals surface area contributed by atoms with Crippen LogP contribution in [-0.2, 0) is 9.59 Å². The molecule has 3 aromatic rings. The van der Waals surface area contributed by atoms with Crippen LogP contribution in [0.2, 0.25) is 0 Å². The van der Waals surface area contributed by atoms with Crippen LogP contribution < -0.4 is 5.73 Å². The van der Waals surface area contributed by atoms with E-state index in [0.717, 1.165) is 12.0 Å². The van der Waals surface area contributed by atoms with Crippen molar-refractivity contribution in [2.75, 3.05) is 6.61 Å². The molecular formula is C42H67NO3. The average molecular weight is 634 g/mol. The van der Waals surface area contributed by atoms with Crippen LogP contribution in [0.15, 0.2) is 85.4 Å². The van der Waals surface area contributed by atoms with Crippen molar-refractivity contribution in [3.63, 3.8) is 0 Å². The van der Waals surface area contributed by atoms with E-state index < -0.39 is 0 Å². The molecule has 0 heterocycles. The van der Waals surface area contributed by atoms with Crippen molar-refractivity contribution in [2.45, 2.75) is 120 Å². The highest BCUT2D eigenvalue weighted by Crippen LogP contribution is 2.22. The van der Waals surface area contributed by atoms with E-state index in [1.807, 2.05) is 39.0 Å². The lowest BCUT2D eigenvalue weighted by atomic mass is 10.0. The van der Waals surface area contributed by atoms with Gasteiger partial charge in [-0.05, 0) is 43.9 Å². The number of aliphatic hydroxyl groups excluding tert-OH is 1. The van der Waals surface area contributed by atoms with Gasteiger partial charge in [0.05, 0.1) is 0 Å². The maximum absolute atomic E-state index is 10.5. The number of Topliss-reactive ketones (excluding diaryl/α,β-unsaturated/α-hetero) is 1. The SMILES string of the molecule is C=C(C)c1ccc(-c2ccc(C)cc2)cc1.CCC(C)C(=O)CO.CCCC.CCCCCCCC.Cc1ccccc1.NC=O. The summed E-state index contributed by atoms with van der Waals surface area (Å²) in [6, 6.07) is 27.4. The predicted octanol–water partition coefficient (Wildman–Crippen LogP) is 11.6. The van der Waals surface area contributed by atoms with E-state index in [4.69, 9.17) is 9.90 Å². The van der Waals surface area contributed by atoms with E-state index in [2.05, 4.69) is 115 Å². The number of benzene rings is 3. The zero-order valence-electron chi connectivity index (χ0n) is 30.8. The van der Waals surface area contributed by atoms with Crippen LogP contribution in [0.1, 0.15) is 123 Å². The van der Waals surface area contributed by atoms with Gasteiger partial charge in [0.25, 0.3) is 0 Å². The molecule has 3 aromatic carbocycles. The minimum Gasteiger partial charge on any atom is -0.389 e. The Morgan fingerprint density at radius 1 is 0.717 bits per heavy atom. The van der Waals surface area contributed by atoms with Crippen LogP contribution in [0.5, 0.6) is 0 Å². The first-order valence-electron chi connectivity index (χ1n) is 17.2. The Hall–Kier alpha value is -3.50. The summed E-state index contributed by atoms with van der Waals surface area (Å²) in [5.41, 5.74) is 11.6. The van der Waals surface area contributed by atoms with Crippen molar-refractivity contribution in [1.29, 1.82) is 0 Å². The van der Waals surface area contributed by atoms with Crippen molar-refractivity contribution in [3.05, 3.63) is 102 Å². The summed E-state index contributed by atoms with van der Waals surface area (Å²) >= 11 is 0. The Labute approximate surface area is 283 Å². The summed E-state index contributed by atoms with van der Waals surface area (Å²) in [7, 11) is 0. The van der Waals surface area contributed by atoms with Gasteiger partial charge in [-0.3, -0.25) is 9.59 Å². The van der Waals surface area contributed by atoms with Gasteiger partial charge in [-0.2, -0.15) is 0 Å². The van der Waals surface area contributed by atoms with Gasteiger partial charge in [0, 0.05) is 5.92 Å². The van der Waals surface area contributed by atoms with E-state index >= 15 is 0 Å². The first kappa shape index (κ1) is 46.9. The molecule has 4 heteroatoms. The summed E-state index contributed by atoms with van der Waals surface area (Å²) in [6.07, 6.45) is 12.2. The molecule has 4 nitrogen and oxygen atoms in total. The average Bonchev–Trinajstić information content (AvgIpc) is 3.08. The van der Waals surface area contributed by atoms with Crippen molar-refractivity contribution in [1.82, 2.24) is 0 Å². The lowest BCUT2D eigenvalue weighted by molar-refractivity contribution is -0.125. The van der Waals surface area contributed by atoms with Crippen molar-refractivity contribution in [2.24, 2.45) is 11.7 Å². The number of hydrogen-bond donors (Lipinski definition) is 2.